The molecule has 1 aliphatic heterocycles. The number of aliphatic carboxylic acids is 1. The average molecular weight is 525 g/mol. The summed E-state index contributed by atoms with van der Waals surface area (Å²) in [5, 5.41) is 19.9. The molecule has 4 atom stereocenters. The van der Waals surface area contributed by atoms with Crippen molar-refractivity contribution in [2.45, 2.75) is 50.6 Å². The van der Waals surface area contributed by atoms with Crippen LogP contribution in [0.25, 0.3) is 0 Å². The zero-order valence-electron chi connectivity index (χ0n) is 21.6. The summed E-state index contributed by atoms with van der Waals surface area (Å²) in [4.78, 5) is 42.9. The largest absolute Gasteiger partial charge is 0.480 e. The molecule has 0 bridgehead atoms. The molecule has 1 saturated carbocycles. The van der Waals surface area contributed by atoms with Crippen LogP contribution in [-0.4, -0.2) is 33.7 Å². The fraction of sp³-hybridized carbons (Fsp3) is 0.312. The molecular weight excluding hydrogens is 495 g/mol. The molecule has 0 radical (unpaired) electrons. The highest BCUT2D eigenvalue weighted by Gasteiger charge is 2.58. The molecule has 39 heavy (non-hydrogen) atoms. The minimum atomic E-state index is -1.33. The van der Waals surface area contributed by atoms with E-state index in [2.05, 4.69) is 6.07 Å². The summed E-state index contributed by atoms with van der Waals surface area (Å²) in [6.07, 6.45) is 3.10. The van der Waals surface area contributed by atoms with Crippen molar-refractivity contribution in [3.8, 4) is 6.07 Å². The quantitative estimate of drug-likeness (QED) is 0.410. The third kappa shape index (κ3) is 4.95. The van der Waals surface area contributed by atoms with Gasteiger partial charge in [0.1, 0.15) is 11.9 Å². The zero-order valence-corrected chi connectivity index (χ0v) is 21.6. The number of ketones is 1. The number of nitrogens with zero attached hydrogens (tertiary/aromatic N) is 2. The van der Waals surface area contributed by atoms with Crippen LogP contribution in [0.3, 0.4) is 0 Å². The van der Waals surface area contributed by atoms with Crippen LogP contribution in [0.4, 0.5) is 4.39 Å². The molecule has 7 heteroatoms. The third-order valence-corrected chi connectivity index (χ3v) is 8.12. The van der Waals surface area contributed by atoms with Gasteiger partial charge < -0.3 is 10.0 Å². The van der Waals surface area contributed by atoms with Crippen molar-refractivity contribution >= 4 is 17.7 Å². The van der Waals surface area contributed by atoms with E-state index in [0.29, 0.717) is 35.1 Å². The molecule has 0 spiro atoms. The van der Waals surface area contributed by atoms with E-state index in [-0.39, 0.29) is 17.6 Å². The van der Waals surface area contributed by atoms with Gasteiger partial charge in [0.05, 0.1) is 23.6 Å². The van der Waals surface area contributed by atoms with E-state index >= 15 is 0 Å². The number of rotatable bonds is 6. The van der Waals surface area contributed by atoms with Crippen LogP contribution < -0.4 is 0 Å². The predicted octanol–water partition coefficient (Wildman–Crippen LogP) is 5.82. The minimum absolute atomic E-state index is 0.277. The van der Waals surface area contributed by atoms with Crippen LogP contribution in [-0.2, 0) is 9.59 Å². The van der Waals surface area contributed by atoms with E-state index in [4.69, 9.17) is 0 Å². The van der Waals surface area contributed by atoms with E-state index < -0.39 is 35.7 Å². The Hall–Kier alpha value is -4.31. The maximum Gasteiger partial charge on any atom is 0.327 e. The highest BCUT2D eigenvalue weighted by Crippen LogP contribution is 2.52. The number of aryl methyl sites for hydroxylation is 1. The number of carbonyl (C=O) groups excluding carboxylic acids is 2. The van der Waals surface area contributed by atoms with Gasteiger partial charge in [-0.2, -0.15) is 5.26 Å². The molecule has 5 rings (SSSR count). The van der Waals surface area contributed by atoms with Gasteiger partial charge in [-0.25, -0.2) is 9.18 Å². The zero-order chi connectivity index (χ0) is 27.7. The van der Waals surface area contributed by atoms with Gasteiger partial charge in [0, 0.05) is 17.4 Å². The molecule has 1 aliphatic carbocycles. The molecule has 4 unspecified atom stereocenters. The molecule has 1 amide bonds. The Labute approximate surface area is 226 Å². The number of halogens is 1. The normalized spacial score (nSPS) is 22.9. The first kappa shape index (κ1) is 26.3. The lowest BCUT2D eigenvalue weighted by Gasteiger charge is -2.32. The lowest BCUT2D eigenvalue weighted by atomic mass is 9.76. The summed E-state index contributed by atoms with van der Waals surface area (Å²) in [5.74, 6) is -4.44. The number of benzene rings is 3. The Morgan fingerprint density at radius 3 is 2.18 bits per heavy atom. The first-order valence-corrected chi connectivity index (χ1v) is 13.2. The average Bonchev–Trinajstić information content (AvgIpc) is 3.60. The van der Waals surface area contributed by atoms with E-state index in [1.54, 1.807) is 42.5 Å². The Balaban J connectivity index is 1.75. The lowest BCUT2D eigenvalue weighted by molar-refractivity contribution is -0.152. The Morgan fingerprint density at radius 2 is 1.59 bits per heavy atom. The molecule has 2 fully saturated rings. The van der Waals surface area contributed by atoms with Gasteiger partial charge in [0.25, 0.3) is 0 Å². The fourth-order valence-electron chi connectivity index (χ4n) is 6.34. The molecule has 3 aromatic carbocycles. The monoisotopic (exact) mass is 524 g/mol. The number of amides is 1. The number of carboxylic acid groups (broad SMARTS) is 1. The van der Waals surface area contributed by atoms with Gasteiger partial charge in [0.15, 0.2) is 5.78 Å². The van der Waals surface area contributed by atoms with E-state index in [1.807, 2.05) is 13.0 Å². The highest BCUT2D eigenvalue weighted by atomic mass is 19.1. The second-order valence-corrected chi connectivity index (χ2v) is 10.5. The SMILES string of the molecule is Cc1cccc(C(=O)C2C(c3ccc(F)cc3)C(C(=O)O)N(C(=O)C3CCCC3)C2c2ccc(C#N)cc2)c1. The van der Waals surface area contributed by atoms with Crippen LogP contribution in [0.15, 0.2) is 72.8 Å². The molecule has 0 aromatic heterocycles. The van der Waals surface area contributed by atoms with Crippen molar-refractivity contribution in [2.24, 2.45) is 11.8 Å². The summed E-state index contributed by atoms with van der Waals surface area (Å²) in [6.45, 7) is 1.87. The third-order valence-electron chi connectivity index (χ3n) is 8.12. The first-order valence-electron chi connectivity index (χ1n) is 13.2. The summed E-state index contributed by atoms with van der Waals surface area (Å²) in [6, 6.07) is 19.1. The molecule has 6 nitrogen and oxygen atoms in total. The standard InChI is InChI=1S/C32H29FN2O4/c1-19-5-4-8-24(17-19)30(36)27-26(21-13-15-25(33)16-14-21)29(32(38)39)35(31(37)23-6-2-3-7-23)28(27)22-11-9-20(18-34)10-12-22/h4-5,8-17,23,26-29H,2-3,6-7H2,1H3,(H,38,39). The summed E-state index contributed by atoms with van der Waals surface area (Å²) in [5.41, 5.74) is 2.78. The molecule has 3 aromatic rings. The summed E-state index contributed by atoms with van der Waals surface area (Å²) >= 11 is 0. The number of hydrogen-bond donors (Lipinski definition) is 1. The van der Waals surface area contributed by atoms with Crippen LogP contribution in [0.1, 0.15) is 70.3 Å². The van der Waals surface area contributed by atoms with Gasteiger partial charge in [0.2, 0.25) is 5.91 Å². The second kappa shape index (κ2) is 10.8. The van der Waals surface area contributed by atoms with Gasteiger partial charge in [-0.3, -0.25) is 9.59 Å². The van der Waals surface area contributed by atoms with Crippen molar-refractivity contribution in [2.75, 3.05) is 0 Å². The Bertz CT molecular complexity index is 1440. The van der Waals surface area contributed by atoms with Crippen molar-refractivity contribution in [3.05, 3.63) is 106 Å². The van der Waals surface area contributed by atoms with Gasteiger partial charge in [-0.05, 0) is 61.2 Å². The van der Waals surface area contributed by atoms with Crippen molar-refractivity contribution in [3.63, 3.8) is 0 Å². The lowest BCUT2D eigenvalue weighted by Crippen LogP contribution is -2.46. The topological polar surface area (TPSA) is 98.5 Å². The summed E-state index contributed by atoms with van der Waals surface area (Å²) in [7, 11) is 0. The second-order valence-electron chi connectivity index (χ2n) is 10.5. The maximum atomic E-state index is 14.4. The van der Waals surface area contributed by atoms with E-state index in [0.717, 1.165) is 18.4 Å². The van der Waals surface area contributed by atoms with Crippen molar-refractivity contribution in [1.29, 1.82) is 5.26 Å². The molecule has 1 heterocycles. The van der Waals surface area contributed by atoms with Crippen LogP contribution in [0, 0.1) is 35.9 Å². The molecule has 2 aliphatic rings. The number of carbonyl (C=O) groups is 3. The summed E-state index contributed by atoms with van der Waals surface area (Å²) < 4.78 is 13.9. The molecule has 1 saturated heterocycles. The van der Waals surface area contributed by atoms with E-state index in [1.165, 1.54) is 29.2 Å². The van der Waals surface area contributed by atoms with Crippen LogP contribution >= 0.6 is 0 Å². The van der Waals surface area contributed by atoms with Gasteiger partial charge in [-0.15, -0.1) is 0 Å². The predicted molar refractivity (Wildman–Crippen MR) is 142 cm³/mol. The number of hydrogen-bond acceptors (Lipinski definition) is 4. The fourth-order valence-corrected chi connectivity index (χ4v) is 6.34. The van der Waals surface area contributed by atoms with E-state index in [9.17, 15) is 29.1 Å². The first-order chi connectivity index (χ1) is 18.8. The smallest absolute Gasteiger partial charge is 0.327 e. The Morgan fingerprint density at radius 1 is 0.949 bits per heavy atom. The maximum absolute atomic E-state index is 14.4. The highest BCUT2D eigenvalue weighted by molar-refractivity contribution is 6.01. The van der Waals surface area contributed by atoms with Crippen LogP contribution in [0.2, 0.25) is 0 Å². The number of Topliss-reactive ketones (excluding diaryl/α,β-unsaturated/α-hetero) is 1. The number of nitriles is 1. The van der Waals surface area contributed by atoms with Crippen molar-refractivity contribution < 1.29 is 23.9 Å². The number of carboxylic acids is 1. The Kier molecular flexibility index (Phi) is 7.30. The number of likely N-dealkylation sites (tertiary alicyclic amines) is 1. The van der Waals surface area contributed by atoms with Gasteiger partial charge >= 0.3 is 5.97 Å². The molecule has 198 valence electrons. The molecule has 1 N–H and O–H groups in total. The molecular formula is C32H29FN2O4. The van der Waals surface area contributed by atoms with Gasteiger partial charge in [-0.1, -0.05) is 60.9 Å². The minimum Gasteiger partial charge on any atom is -0.480 e. The van der Waals surface area contributed by atoms with Crippen LogP contribution in [0.5, 0.6) is 0 Å². The van der Waals surface area contributed by atoms with Crippen molar-refractivity contribution in [1.82, 2.24) is 4.90 Å².